The van der Waals surface area contributed by atoms with Gasteiger partial charge in [-0.2, -0.15) is 11.8 Å². The highest BCUT2D eigenvalue weighted by Gasteiger charge is 2.41. The summed E-state index contributed by atoms with van der Waals surface area (Å²) >= 11 is 1.98. The summed E-state index contributed by atoms with van der Waals surface area (Å²) in [4.78, 5) is 22.0. The minimum absolute atomic E-state index is 0.0379. The Morgan fingerprint density at radius 3 is 3.07 bits per heavy atom. The minimum Gasteiger partial charge on any atom is -0.332 e. The van der Waals surface area contributed by atoms with Gasteiger partial charge in [0, 0.05) is 36.0 Å². The summed E-state index contributed by atoms with van der Waals surface area (Å²) in [6.07, 6.45) is 5.84. The lowest BCUT2D eigenvalue weighted by molar-refractivity contribution is 0.0741. The number of hydrogen-bond acceptors (Lipinski definition) is 4. The highest BCUT2D eigenvalue weighted by Crippen LogP contribution is 2.37. The van der Waals surface area contributed by atoms with Crippen molar-refractivity contribution in [3.05, 3.63) is 24.3 Å². The monoisotopic (exact) mass is 221 g/mol. The van der Waals surface area contributed by atoms with E-state index in [1.165, 1.54) is 0 Å². The van der Waals surface area contributed by atoms with Gasteiger partial charge in [-0.3, -0.25) is 9.78 Å². The molecule has 2 saturated heterocycles. The molecule has 1 aromatic heterocycles. The fourth-order valence-electron chi connectivity index (χ4n) is 2.21. The van der Waals surface area contributed by atoms with Crippen LogP contribution in [-0.4, -0.2) is 44.4 Å². The Bertz CT molecular complexity index is 384. The van der Waals surface area contributed by atoms with E-state index in [1.807, 2.05) is 16.7 Å². The van der Waals surface area contributed by atoms with Crippen LogP contribution in [0.3, 0.4) is 0 Å². The zero-order valence-electron chi connectivity index (χ0n) is 8.17. The molecule has 3 heterocycles. The Kier molecular flexibility index (Phi) is 2.12. The molecule has 2 aliphatic rings. The molecule has 2 fully saturated rings. The maximum absolute atomic E-state index is 12.1. The average molecular weight is 221 g/mol. The molecular formula is C10H11N3OS. The molecule has 2 bridgehead atoms. The summed E-state index contributed by atoms with van der Waals surface area (Å²) < 4.78 is 0. The molecule has 0 aliphatic carbocycles. The summed E-state index contributed by atoms with van der Waals surface area (Å²) in [7, 11) is 0. The van der Waals surface area contributed by atoms with E-state index in [4.69, 9.17) is 0 Å². The van der Waals surface area contributed by atoms with Crippen LogP contribution in [0.15, 0.2) is 18.6 Å². The number of aromatic nitrogens is 2. The van der Waals surface area contributed by atoms with E-state index in [0.29, 0.717) is 17.0 Å². The SMILES string of the molecule is O=C(c1cnccn1)N1CC2CC1CS2. The Hall–Kier alpha value is -1.10. The average Bonchev–Trinajstić information content (AvgIpc) is 2.91. The van der Waals surface area contributed by atoms with Crippen molar-refractivity contribution in [1.29, 1.82) is 0 Å². The van der Waals surface area contributed by atoms with Gasteiger partial charge in [0.25, 0.3) is 5.91 Å². The van der Waals surface area contributed by atoms with Gasteiger partial charge in [0.15, 0.2) is 0 Å². The van der Waals surface area contributed by atoms with Crippen LogP contribution in [0.1, 0.15) is 16.9 Å². The van der Waals surface area contributed by atoms with Gasteiger partial charge < -0.3 is 4.90 Å². The molecule has 2 unspecified atom stereocenters. The van der Waals surface area contributed by atoms with Crippen molar-refractivity contribution in [2.75, 3.05) is 12.3 Å². The maximum atomic E-state index is 12.1. The molecular weight excluding hydrogens is 210 g/mol. The van der Waals surface area contributed by atoms with Gasteiger partial charge in [-0.15, -0.1) is 0 Å². The van der Waals surface area contributed by atoms with Crippen LogP contribution in [0.4, 0.5) is 0 Å². The number of likely N-dealkylation sites (tertiary alicyclic amines) is 1. The third kappa shape index (κ3) is 1.51. The second-order valence-corrected chi connectivity index (χ2v) is 5.23. The second kappa shape index (κ2) is 3.48. The molecule has 78 valence electrons. The first kappa shape index (κ1) is 9.15. The first-order valence-corrected chi connectivity index (χ1v) is 6.08. The van der Waals surface area contributed by atoms with Crippen molar-refractivity contribution in [3.63, 3.8) is 0 Å². The largest absolute Gasteiger partial charge is 0.332 e. The molecule has 0 radical (unpaired) electrons. The molecule has 5 heteroatoms. The van der Waals surface area contributed by atoms with E-state index in [0.717, 1.165) is 18.7 Å². The standard InChI is InChI=1S/C10H11N3OS/c14-10(9-4-11-1-2-12-9)13-5-8-3-7(13)6-15-8/h1-2,4,7-8H,3,5-6H2. The van der Waals surface area contributed by atoms with Crippen molar-refractivity contribution in [2.45, 2.75) is 17.7 Å². The third-order valence-electron chi connectivity index (χ3n) is 2.94. The van der Waals surface area contributed by atoms with Gasteiger partial charge in [-0.25, -0.2) is 4.98 Å². The molecule has 2 aliphatic heterocycles. The molecule has 0 saturated carbocycles. The van der Waals surface area contributed by atoms with Gasteiger partial charge >= 0.3 is 0 Å². The summed E-state index contributed by atoms with van der Waals surface area (Å²) in [5.41, 5.74) is 0.468. The highest BCUT2D eigenvalue weighted by molar-refractivity contribution is 8.00. The Morgan fingerprint density at radius 1 is 1.53 bits per heavy atom. The molecule has 15 heavy (non-hydrogen) atoms. The van der Waals surface area contributed by atoms with Gasteiger partial charge in [-0.1, -0.05) is 0 Å². The normalized spacial score (nSPS) is 28.4. The highest BCUT2D eigenvalue weighted by atomic mass is 32.2. The van der Waals surface area contributed by atoms with Crippen molar-refractivity contribution >= 4 is 17.7 Å². The minimum atomic E-state index is 0.0379. The number of nitrogens with zero attached hydrogens (tertiary/aromatic N) is 3. The molecule has 1 amide bonds. The van der Waals surface area contributed by atoms with E-state index in [1.54, 1.807) is 18.6 Å². The van der Waals surface area contributed by atoms with E-state index >= 15 is 0 Å². The predicted molar refractivity (Wildman–Crippen MR) is 57.7 cm³/mol. The molecule has 1 aromatic rings. The van der Waals surface area contributed by atoms with Crippen molar-refractivity contribution in [1.82, 2.24) is 14.9 Å². The lowest BCUT2D eigenvalue weighted by atomic mass is 10.2. The fraction of sp³-hybridized carbons (Fsp3) is 0.500. The van der Waals surface area contributed by atoms with Crippen molar-refractivity contribution in [3.8, 4) is 0 Å². The van der Waals surface area contributed by atoms with E-state index in [-0.39, 0.29) is 5.91 Å². The molecule has 3 rings (SSSR count). The van der Waals surface area contributed by atoms with Crippen molar-refractivity contribution in [2.24, 2.45) is 0 Å². The fourth-order valence-corrected chi connectivity index (χ4v) is 3.64. The number of carbonyl (C=O) groups excluding carboxylic acids is 1. The quantitative estimate of drug-likeness (QED) is 0.704. The third-order valence-corrected chi connectivity index (χ3v) is 4.33. The summed E-state index contributed by atoms with van der Waals surface area (Å²) in [5.74, 6) is 1.12. The number of carbonyl (C=O) groups is 1. The lowest BCUT2D eigenvalue weighted by Crippen LogP contribution is -2.39. The summed E-state index contributed by atoms with van der Waals surface area (Å²) in [6, 6.07) is 0.425. The van der Waals surface area contributed by atoms with E-state index < -0.39 is 0 Å². The van der Waals surface area contributed by atoms with Crippen LogP contribution in [0, 0.1) is 0 Å². The van der Waals surface area contributed by atoms with Gasteiger partial charge in [0.1, 0.15) is 5.69 Å². The number of fused-ring (bicyclic) bond motifs is 2. The molecule has 0 aromatic carbocycles. The first-order chi connectivity index (χ1) is 7.34. The smallest absolute Gasteiger partial charge is 0.274 e. The van der Waals surface area contributed by atoms with Gasteiger partial charge in [-0.05, 0) is 6.42 Å². The van der Waals surface area contributed by atoms with Crippen LogP contribution in [0.25, 0.3) is 0 Å². The first-order valence-electron chi connectivity index (χ1n) is 5.03. The van der Waals surface area contributed by atoms with Crippen molar-refractivity contribution < 1.29 is 4.79 Å². The van der Waals surface area contributed by atoms with Crippen LogP contribution in [0.2, 0.25) is 0 Å². The van der Waals surface area contributed by atoms with Crippen LogP contribution in [0.5, 0.6) is 0 Å². The molecule has 4 nitrogen and oxygen atoms in total. The number of amides is 1. The summed E-state index contributed by atoms with van der Waals surface area (Å²) in [6.45, 7) is 0.880. The van der Waals surface area contributed by atoms with E-state index in [9.17, 15) is 4.79 Å². The molecule has 0 spiro atoms. The zero-order chi connectivity index (χ0) is 10.3. The van der Waals surface area contributed by atoms with Gasteiger partial charge in [0.05, 0.1) is 6.20 Å². The summed E-state index contributed by atoms with van der Waals surface area (Å²) in [5, 5.41) is 0.649. The Labute approximate surface area is 92.1 Å². The maximum Gasteiger partial charge on any atom is 0.274 e. The van der Waals surface area contributed by atoms with Crippen LogP contribution in [-0.2, 0) is 0 Å². The number of rotatable bonds is 1. The topological polar surface area (TPSA) is 46.1 Å². The van der Waals surface area contributed by atoms with Crippen LogP contribution < -0.4 is 0 Å². The molecule has 0 N–H and O–H groups in total. The second-order valence-electron chi connectivity index (χ2n) is 3.89. The number of thioether (sulfide) groups is 1. The van der Waals surface area contributed by atoms with Gasteiger partial charge in [0.2, 0.25) is 0 Å². The predicted octanol–water partition coefficient (Wildman–Crippen LogP) is 0.806. The van der Waals surface area contributed by atoms with E-state index in [2.05, 4.69) is 9.97 Å². The lowest BCUT2D eigenvalue weighted by Gasteiger charge is -2.26. The zero-order valence-corrected chi connectivity index (χ0v) is 8.98. The Morgan fingerprint density at radius 2 is 2.47 bits per heavy atom. The Balaban J connectivity index is 1.81. The number of hydrogen-bond donors (Lipinski definition) is 0. The molecule has 2 atom stereocenters. The van der Waals surface area contributed by atoms with Crippen LogP contribution >= 0.6 is 11.8 Å².